The summed E-state index contributed by atoms with van der Waals surface area (Å²) in [6, 6.07) is 13.5. The molecule has 2 atom stereocenters. The van der Waals surface area contributed by atoms with Crippen LogP contribution in [0.1, 0.15) is 50.2 Å². The predicted molar refractivity (Wildman–Crippen MR) is 90.3 cm³/mol. The van der Waals surface area contributed by atoms with Crippen LogP contribution >= 0.6 is 0 Å². The van der Waals surface area contributed by atoms with Crippen molar-refractivity contribution in [2.24, 2.45) is 0 Å². The number of aromatic nitrogens is 3. The summed E-state index contributed by atoms with van der Waals surface area (Å²) in [7, 11) is 0. The molecule has 0 bridgehead atoms. The lowest BCUT2D eigenvalue weighted by Gasteiger charge is -2.22. The number of fused-ring (bicyclic) bond motifs is 1. The molecule has 1 aromatic carbocycles. The molecule has 0 aliphatic carbocycles. The molecule has 0 fully saturated rings. The lowest BCUT2D eigenvalue weighted by molar-refractivity contribution is 0.418. The van der Waals surface area contributed by atoms with Gasteiger partial charge in [0.15, 0.2) is 11.5 Å². The molecular weight excluding hydrogens is 288 g/mol. The standard InChI is InChI=1S/C18H22N4O/c1-3-7-16(18-21-20-17-10-4-5-11-22(17)18)19-13(2)14-8-6-9-15(23)12-14/h4-6,8-13,16,19,23H,3,7H2,1-2H3/t13-,16+/m0/s1. The third-order valence-corrected chi connectivity index (χ3v) is 4.05. The van der Waals surface area contributed by atoms with E-state index in [-0.39, 0.29) is 17.8 Å². The van der Waals surface area contributed by atoms with Crippen molar-refractivity contribution in [1.29, 1.82) is 0 Å². The first-order valence-electron chi connectivity index (χ1n) is 8.03. The quantitative estimate of drug-likeness (QED) is 0.730. The Morgan fingerprint density at radius 3 is 2.83 bits per heavy atom. The largest absolute Gasteiger partial charge is 0.508 e. The first kappa shape index (κ1) is 15.5. The molecular formula is C18H22N4O. The lowest BCUT2D eigenvalue weighted by atomic mass is 10.0. The monoisotopic (exact) mass is 310 g/mol. The number of benzene rings is 1. The molecule has 0 spiro atoms. The minimum Gasteiger partial charge on any atom is -0.508 e. The van der Waals surface area contributed by atoms with Crippen molar-refractivity contribution >= 4 is 5.65 Å². The number of nitrogens with zero attached hydrogens (tertiary/aromatic N) is 3. The minimum atomic E-state index is 0.106. The van der Waals surface area contributed by atoms with E-state index in [0.717, 1.165) is 29.9 Å². The summed E-state index contributed by atoms with van der Waals surface area (Å²) in [6.45, 7) is 4.26. The van der Waals surface area contributed by atoms with Crippen LogP contribution in [0, 0.1) is 0 Å². The molecule has 120 valence electrons. The second-order valence-corrected chi connectivity index (χ2v) is 5.81. The van der Waals surface area contributed by atoms with Crippen molar-refractivity contribution in [3.63, 3.8) is 0 Å². The summed E-state index contributed by atoms with van der Waals surface area (Å²) in [5.74, 6) is 1.21. The molecule has 0 saturated heterocycles. The van der Waals surface area contributed by atoms with E-state index in [1.165, 1.54) is 0 Å². The Balaban J connectivity index is 1.87. The van der Waals surface area contributed by atoms with Gasteiger partial charge in [0.1, 0.15) is 5.75 Å². The van der Waals surface area contributed by atoms with Crippen molar-refractivity contribution in [1.82, 2.24) is 19.9 Å². The highest BCUT2D eigenvalue weighted by Gasteiger charge is 2.20. The Morgan fingerprint density at radius 2 is 2.04 bits per heavy atom. The Labute approximate surface area is 136 Å². The summed E-state index contributed by atoms with van der Waals surface area (Å²) < 4.78 is 2.03. The van der Waals surface area contributed by atoms with Crippen LogP contribution in [-0.2, 0) is 0 Å². The van der Waals surface area contributed by atoms with E-state index in [4.69, 9.17) is 0 Å². The number of nitrogens with one attached hydrogen (secondary N) is 1. The van der Waals surface area contributed by atoms with Gasteiger partial charge in [-0.15, -0.1) is 10.2 Å². The van der Waals surface area contributed by atoms with Crippen LogP contribution in [0.4, 0.5) is 0 Å². The summed E-state index contributed by atoms with van der Waals surface area (Å²) >= 11 is 0. The Hall–Kier alpha value is -2.40. The van der Waals surface area contributed by atoms with Crippen LogP contribution in [0.2, 0.25) is 0 Å². The zero-order valence-corrected chi connectivity index (χ0v) is 13.5. The molecule has 2 N–H and O–H groups in total. The van der Waals surface area contributed by atoms with Crippen molar-refractivity contribution in [2.75, 3.05) is 0 Å². The number of pyridine rings is 1. The average Bonchev–Trinajstić information content (AvgIpc) is 2.98. The molecule has 23 heavy (non-hydrogen) atoms. The molecule has 0 unspecified atom stereocenters. The molecule has 2 heterocycles. The van der Waals surface area contributed by atoms with Gasteiger partial charge in [-0.05, 0) is 43.2 Å². The highest BCUT2D eigenvalue weighted by Crippen LogP contribution is 2.24. The number of hydrogen-bond donors (Lipinski definition) is 2. The molecule has 5 nitrogen and oxygen atoms in total. The predicted octanol–water partition coefficient (Wildman–Crippen LogP) is 3.63. The third-order valence-electron chi connectivity index (χ3n) is 4.05. The van der Waals surface area contributed by atoms with Crippen molar-refractivity contribution in [3.05, 3.63) is 60.0 Å². The maximum absolute atomic E-state index is 9.67. The van der Waals surface area contributed by atoms with Crippen LogP contribution in [0.25, 0.3) is 5.65 Å². The van der Waals surface area contributed by atoms with E-state index < -0.39 is 0 Å². The number of hydrogen-bond acceptors (Lipinski definition) is 4. The molecule has 0 aliphatic heterocycles. The van der Waals surface area contributed by atoms with Gasteiger partial charge in [-0.1, -0.05) is 31.5 Å². The second kappa shape index (κ2) is 6.79. The van der Waals surface area contributed by atoms with Gasteiger partial charge < -0.3 is 10.4 Å². The van der Waals surface area contributed by atoms with Crippen molar-refractivity contribution in [3.8, 4) is 5.75 Å². The molecule has 0 aliphatic rings. The van der Waals surface area contributed by atoms with Crippen LogP contribution in [0.5, 0.6) is 5.75 Å². The van der Waals surface area contributed by atoms with Crippen LogP contribution in [-0.4, -0.2) is 19.7 Å². The number of rotatable bonds is 6. The van der Waals surface area contributed by atoms with Crippen molar-refractivity contribution in [2.45, 2.75) is 38.8 Å². The van der Waals surface area contributed by atoms with E-state index >= 15 is 0 Å². The average molecular weight is 310 g/mol. The molecule has 3 aromatic rings. The number of aromatic hydroxyl groups is 1. The summed E-state index contributed by atoms with van der Waals surface area (Å²) in [5, 5.41) is 21.9. The van der Waals surface area contributed by atoms with Gasteiger partial charge >= 0.3 is 0 Å². The van der Waals surface area contributed by atoms with Crippen LogP contribution in [0.15, 0.2) is 48.7 Å². The Kier molecular flexibility index (Phi) is 4.57. The molecule has 0 radical (unpaired) electrons. The lowest BCUT2D eigenvalue weighted by Crippen LogP contribution is -2.26. The van der Waals surface area contributed by atoms with Crippen LogP contribution in [0.3, 0.4) is 0 Å². The number of phenols is 1. The van der Waals surface area contributed by atoms with Gasteiger partial charge in [-0.2, -0.15) is 0 Å². The van der Waals surface area contributed by atoms with Gasteiger partial charge in [0.05, 0.1) is 6.04 Å². The van der Waals surface area contributed by atoms with Crippen molar-refractivity contribution < 1.29 is 5.11 Å². The highest BCUT2D eigenvalue weighted by atomic mass is 16.3. The van der Waals surface area contributed by atoms with E-state index in [2.05, 4.69) is 29.4 Å². The van der Waals surface area contributed by atoms with Gasteiger partial charge in [0.2, 0.25) is 0 Å². The van der Waals surface area contributed by atoms with E-state index in [9.17, 15) is 5.11 Å². The van der Waals surface area contributed by atoms with E-state index in [1.54, 1.807) is 12.1 Å². The fourth-order valence-electron chi connectivity index (χ4n) is 2.87. The second-order valence-electron chi connectivity index (χ2n) is 5.81. The summed E-state index contributed by atoms with van der Waals surface area (Å²) in [5.41, 5.74) is 1.91. The smallest absolute Gasteiger partial charge is 0.160 e. The van der Waals surface area contributed by atoms with Gasteiger partial charge in [0, 0.05) is 12.2 Å². The molecule has 2 aromatic heterocycles. The summed E-state index contributed by atoms with van der Waals surface area (Å²) in [4.78, 5) is 0. The van der Waals surface area contributed by atoms with Crippen LogP contribution < -0.4 is 5.32 Å². The SMILES string of the molecule is CCC[C@@H](N[C@@H](C)c1cccc(O)c1)c1nnc2ccccn12. The maximum Gasteiger partial charge on any atom is 0.160 e. The first-order chi connectivity index (χ1) is 11.2. The first-order valence-corrected chi connectivity index (χ1v) is 8.03. The zero-order valence-electron chi connectivity index (χ0n) is 13.5. The topological polar surface area (TPSA) is 62.5 Å². The fourth-order valence-corrected chi connectivity index (χ4v) is 2.87. The number of phenolic OH excluding ortho intramolecular Hbond substituents is 1. The van der Waals surface area contributed by atoms with E-state index in [0.29, 0.717) is 0 Å². The normalized spacial score (nSPS) is 14.0. The highest BCUT2D eigenvalue weighted by molar-refractivity contribution is 5.37. The molecule has 0 saturated carbocycles. The van der Waals surface area contributed by atoms with Gasteiger partial charge in [-0.3, -0.25) is 4.40 Å². The molecule has 3 rings (SSSR count). The van der Waals surface area contributed by atoms with Gasteiger partial charge in [-0.25, -0.2) is 0 Å². The molecule has 5 heteroatoms. The van der Waals surface area contributed by atoms with Gasteiger partial charge in [0.25, 0.3) is 0 Å². The summed E-state index contributed by atoms with van der Waals surface area (Å²) in [6.07, 6.45) is 4.01. The fraction of sp³-hybridized carbons (Fsp3) is 0.333. The van der Waals surface area contributed by atoms with E-state index in [1.807, 2.05) is 40.9 Å². The molecule has 0 amide bonds. The Bertz CT molecular complexity index is 783. The third kappa shape index (κ3) is 3.35. The maximum atomic E-state index is 9.67. The minimum absolute atomic E-state index is 0.106. The zero-order chi connectivity index (χ0) is 16.2. The Morgan fingerprint density at radius 1 is 1.17 bits per heavy atom.